The molecule has 1 aliphatic carbocycles. The van der Waals surface area contributed by atoms with E-state index < -0.39 is 8.07 Å². The molecule has 0 radical (unpaired) electrons. The molecular weight excluding hydrogens is 148 g/mol. The van der Waals surface area contributed by atoms with Crippen molar-refractivity contribution in [2.24, 2.45) is 0 Å². The fourth-order valence-electron chi connectivity index (χ4n) is 1.42. The van der Waals surface area contributed by atoms with Gasteiger partial charge >= 0.3 is 0 Å². The summed E-state index contributed by atoms with van der Waals surface area (Å²) in [4.78, 5) is 0. The smallest absolute Gasteiger partial charge is 0.0724 e. The van der Waals surface area contributed by atoms with Crippen LogP contribution in [-0.2, 0) is 0 Å². The summed E-state index contributed by atoms with van der Waals surface area (Å²) in [5.41, 5.74) is 1.56. The zero-order valence-electron chi connectivity index (χ0n) is 8.07. The Bertz CT molecular complexity index is 203. The van der Waals surface area contributed by atoms with Gasteiger partial charge in [0.05, 0.1) is 8.07 Å². The monoisotopic (exact) mass is 166 g/mol. The Morgan fingerprint density at radius 1 is 1.18 bits per heavy atom. The average molecular weight is 166 g/mol. The summed E-state index contributed by atoms with van der Waals surface area (Å²) >= 11 is 0. The van der Waals surface area contributed by atoms with E-state index in [1.54, 1.807) is 10.8 Å². The number of rotatable bonds is 1. The molecule has 0 aliphatic heterocycles. The molecule has 0 saturated carbocycles. The van der Waals surface area contributed by atoms with Crippen LogP contribution in [0.5, 0.6) is 0 Å². The molecule has 0 aromatic heterocycles. The summed E-state index contributed by atoms with van der Waals surface area (Å²) in [5.74, 6) is 0. The van der Waals surface area contributed by atoms with E-state index in [1.165, 1.54) is 12.8 Å². The molecule has 0 spiro atoms. The van der Waals surface area contributed by atoms with Crippen LogP contribution >= 0.6 is 0 Å². The highest BCUT2D eigenvalue weighted by molar-refractivity contribution is 6.83. The van der Waals surface area contributed by atoms with Crippen LogP contribution in [0.4, 0.5) is 0 Å². The van der Waals surface area contributed by atoms with Gasteiger partial charge in [0.15, 0.2) is 0 Å². The van der Waals surface area contributed by atoms with Gasteiger partial charge in [0.2, 0.25) is 0 Å². The van der Waals surface area contributed by atoms with Crippen LogP contribution in [0.3, 0.4) is 0 Å². The van der Waals surface area contributed by atoms with Crippen molar-refractivity contribution < 1.29 is 0 Å². The third-order valence-corrected chi connectivity index (χ3v) is 4.57. The summed E-state index contributed by atoms with van der Waals surface area (Å²) in [6, 6.07) is 0. The lowest BCUT2D eigenvalue weighted by Gasteiger charge is -2.23. The molecule has 1 rings (SSSR count). The largest absolute Gasteiger partial charge is 0.0851 e. The molecule has 11 heavy (non-hydrogen) atoms. The van der Waals surface area contributed by atoms with E-state index in [9.17, 15) is 0 Å². The first-order chi connectivity index (χ1) is 5.00. The second-order valence-corrected chi connectivity index (χ2v) is 9.58. The zero-order valence-corrected chi connectivity index (χ0v) is 9.07. The van der Waals surface area contributed by atoms with E-state index in [0.29, 0.717) is 0 Å². The van der Waals surface area contributed by atoms with Gasteiger partial charge in [-0.05, 0) is 19.8 Å². The summed E-state index contributed by atoms with van der Waals surface area (Å²) in [5, 5.41) is 1.73. The molecule has 62 valence electrons. The number of allylic oxidation sites excluding steroid dienone is 4. The van der Waals surface area contributed by atoms with Crippen molar-refractivity contribution in [3.05, 3.63) is 22.9 Å². The molecule has 0 aromatic rings. The first-order valence-corrected chi connectivity index (χ1v) is 7.85. The lowest BCUT2D eigenvalue weighted by atomic mass is 10.1. The first-order valence-electron chi connectivity index (χ1n) is 4.35. The zero-order chi connectivity index (χ0) is 8.48. The van der Waals surface area contributed by atoms with Crippen LogP contribution in [-0.4, -0.2) is 8.07 Å². The minimum Gasteiger partial charge on any atom is -0.0851 e. The second kappa shape index (κ2) is 2.98. The predicted molar refractivity (Wildman–Crippen MR) is 54.4 cm³/mol. The molecule has 0 atom stereocenters. The molecule has 1 heteroatoms. The van der Waals surface area contributed by atoms with Gasteiger partial charge in [-0.3, -0.25) is 0 Å². The number of hydrogen-bond acceptors (Lipinski definition) is 0. The fourth-order valence-corrected chi connectivity index (χ4v) is 2.96. The summed E-state index contributed by atoms with van der Waals surface area (Å²) in [7, 11) is -0.978. The van der Waals surface area contributed by atoms with Gasteiger partial charge in [-0.15, -0.1) is 0 Å². The summed E-state index contributed by atoms with van der Waals surface area (Å²) in [6.07, 6.45) is 7.18. The minimum atomic E-state index is -0.978. The highest BCUT2D eigenvalue weighted by Crippen LogP contribution is 2.25. The molecule has 0 heterocycles. The van der Waals surface area contributed by atoms with Crippen molar-refractivity contribution in [3.63, 3.8) is 0 Å². The Morgan fingerprint density at radius 2 is 1.82 bits per heavy atom. The minimum absolute atomic E-state index is 0.978. The molecule has 0 N–H and O–H groups in total. The molecular formula is C10H18Si. The van der Waals surface area contributed by atoms with Crippen LogP contribution in [0.25, 0.3) is 0 Å². The molecule has 0 nitrogen and oxygen atoms in total. The van der Waals surface area contributed by atoms with Crippen LogP contribution in [0.15, 0.2) is 22.9 Å². The van der Waals surface area contributed by atoms with Crippen molar-refractivity contribution in [1.29, 1.82) is 0 Å². The Hall–Kier alpha value is -0.303. The lowest BCUT2D eigenvalue weighted by Crippen LogP contribution is -2.25. The normalized spacial score (nSPS) is 19.3. The lowest BCUT2D eigenvalue weighted by molar-refractivity contribution is 1.08. The van der Waals surface area contributed by atoms with E-state index in [4.69, 9.17) is 0 Å². The van der Waals surface area contributed by atoms with E-state index in [1.807, 2.05) is 0 Å². The highest BCUT2D eigenvalue weighted by atomic mass is 28.3. The first kappa shape index (κ1) is 8.79. The second-order valence-electron chi connectivity index (χ2n) is 4.44. The summed E-state index contributed by atoms with van der Waals surface area (Å²) in [6.45, 7) is 9.53. The third-order valence-electron chi connectivity index (χ3n) is 2.26. The maximum atomic E-state index is 2.43. The standard InChI is InChI=1S/C10H18Si/c1-9-6-5-7-10(8-9)11(2,3)4/h6-7H,5,8H2,1-4H3. The van der Waals surface area contributed by atoms with Crippen molar-refractivity contribution in [2.75, 3.05) is 0 Å². The van der Waals surface area contributed by atoms with Crippen molar-refractivity contribution >= 4 is 8.07 Å². The van der Waals surface area contributed by atoms with Gasteiger partial charge < -0.3 is 0 Å². The average Bonchev–Trinajstić information content (AvgIpc) is 1.86. The van der Waals surface area contributed by atoms with Crippen molar-refractivity contribution in [3.8, 4) is 0 Å². The SMILES string of the molecule is CC1=CCC=C([Si](C)(C)C)C1. The van der Waals surface area contributed by atoms with Gasteiger partial charge in [-0.2, -0.15) is 0 Å². The van der Waals surface area contributed by atoms with Gasteiger partial charge in [-0.25, -0.2) is 0 Å². The third kappa shape index (κ3) is 2.33. The van der Waals surface area contributed by atoms with Gasteiger partial charge in [-0.1, -0.05) is 42.6 Å². The quantitative estimate of drug-likeness (QED) is 0.413. The van der Waals surface area contributed by atoms with E-state index >= 15 is 0 Å². The van der Waals surface area contributed by atoms with Crippen LogP contribution in [0, 0.1) is 0 Å². The molecule has 0 saturated heterocycles. The summed E-state index contributed by atoms with van der Waals surface area (Å²) < 4.78 is 0. The van der Waals surface area contributed by atoms with Crippen LogP contribution in [0.2, 0.25) is 19.6 Å². The fraction of sp³-hybridized carbons (Fsp3) is 0.600. The van der Waals surface area contributed by atoms with Crippen LogP contribution in [0.1, 0.15) is 19.8 Å². The van der Waals surface area contributed by atoms with E-state index in [2.05, 4.69) is 38.7 Å². The Kier molecular flexibility index (Phi) is 2.38. The van der Waals surface area contributed by atoms with Crippen LogP contribution < -0.4 is 0 Å². The van der Waals surface area contributed by atoms with Crippen molar-refractivity contribution in [2.45, 2.75) is 39.4 Å². The molecule has 0 fully saturated rings. The predicted octanol–water partition coefficient (Wildman–Crippen LogP) is 3.53. The molecule has 1 aliphatic rings. The highest BCUT2D eigenvalue weighted by Gasteiger charge is 2.20. The van der Waals surface area contributed by atoms with Gasteiger partial charge in [0.25, 0.3) is 0 Å². The molecule has 0 bridgehead atoms. The Morgan fingerprint density at radius 3 is 2.18 bits per heavy atom. The van der Waals surface area contributed by atoms with Gasteiger partial charge in [0, 0.05) is 0 Å². The Balaban J connectivity index is 2.70. The maximum Gasteiger partial charge on any atom is 0.0724 e. The molecule has 0 unspecified atom stereocenters. The number of hydrogen-bond donors (Lipinski definition) is 0. The molecule has 0 amide bonds. The maximum absolute atomic E-state index is 2.43. The van der Waals surface area contributed by atoms with E-state index in [0.717, 1.165) is 0 Å². The Labute approximate surface area is 71.0 Å². The topological polar surface area (TPSA) is 0 Å². The van der Waals surface area contributed by atoms with E-state index in [-0.39, 0.29) is 0 Å². The van der Waals surface area contributed by atoms with Crippen molar-refractivity contribution in [1.82, 2.24) is 0 Å². The van der Waals surface area contributed by atoms with Gasteiger partial charge in [0.1, 0.15) is 0 Å². The molecule has 0 aromatic carbocycles.